The fourth-order valence-corrected chi connectivity index (χ4v) is 4.08. The molecule has 7 heteroatoms. The highest BCUT2D eigenvalue weighted by molar-refractivity contribution is 6.08. The molecule has 0 radical (unpaired) electrons. The Balaban J connectivity index is 1.95. The van der Waals surface area contributed by atoms with Crippen LogP contribution in [0.15, 0.2) is 29.5 Å². The summed E-state index contributed by atoms with van der Waals surface area (Å²) in [6, 6.07) is 4.80. The molecule has 2 heterocycles. The summed E-state index contributed by atoms with van der Waals surface area (Å²) in [6.45, 7) is 9.33. The number of likely N-dealkylation sites (tertiary alicyclic amines) is 1. The van der Waals surface area contributed by atoms with Gasteiger partial charge in [0.2, 0.25) is 0 Å². The van der Waals surface area contributed by atoms with E-state index in [1.165, 1.54) is 6.92 Å². The predicted molar refractivity (Wildman–Crippen MR) is 109 cm³/mol. The molecule has 2 aliphatic rings. The van der Waals surface area contributed by atoms with E-state index in [9.17, 15) is 14.7 Å². The number of Topliss-reactive ketones (excluding diaryl/α,β-unsaturated/α-hetero) is 1. The number of hydrogen-bond acceptors (Lipinski definition) is 6. The number of amides is 1. The van der Waals surface area contributed by atoms with Gasteiger partial charge in [-0.05, 0) is 64.4 Å². The maximum atomic E-state index is 12.8. The van der Waals surface area contributed by atoms with E-state index < -0.39 is 17.7 Å². The summed E-state index contributed by atoms with van der Waals surface area (Å²) in [5.41, 5.74) is 0.865. The largest absolute Gasteiger partial charge is 0.503 e. The van der Waals surface area contributed by atoms with Gasteiger partial charge < -0.3 is 24.4 Å². The first-order valence-corrected chi connectivity index (χ1v) is 10.3. The molecular formula is C22H30N2O5. The van der Waals surface area contributed by atoms with Gasteiger partial charge in [-0.1, -0.05) is 6.07 Å². The average Bonchev–Trinajstić information content (AvgIpc) is 3.29. The Bertz CT molecular complexity index is 798. The zero-order chi connectivity index (χ0) is 21.0. The summed E-state index contributed by atoms with van der Waals surface area (Å²) in [5.74, 6) is -0.0740. The molecule has 1 atom stereocenters. The number of carbonyl (C=O) groups is 2. The lowest BCUT2D eigenvalue weighted by Gasteiger charge is -2.29. The first-order chi connectivity index (χ1) is 14.0. The molecule has 7 nitrogen and oxygen atoms in total. The zero-order valence-corrected chi connectivity index (χ0v) is 17.4. The molecule has 1 aromatic rings. The van der Waals surface area contributed by atoms with Gasteiger partial charge in [0, 0.05) is 13.1 Å². The average molecular weight is 402 g/mol. The maximum Gasteiger partial charge on any atom is 0.290 e. The molecule has 1 fully saturated rings. The predicted octanol–water partition coefficient (Wildman–Crippen LogP) is 2.86. The number of benzene rings is 1. The lowest BCUT2D eigenvalue weighted by atomic mass is 9.96. The Labute approximate surface area is 171 Å². The Hall–Kier alpha value is -2.54. The summed E-state index contributed by atoms with van der Waals surface area (Å²) in [4.78, 5) is 29.0. The maximum absolute atomic E-state index is 12.8. The van der Waals surface area contributed by atoms with Gasteiger partial charge >= 0.3 is 0 Å². The molecule has 1 unspecified atom stereocenters. The van der Waals surface area contributed by atoms with Gasteiger partial charge in [-0.25, -0.2) is 0 Å². The van der Waals surface area contributed by atoms with Crippen LogP contribution in [0.1, 0.15) is 45.2 Å². The summed E-state index contributed by atoms with van der Waals surface area (Å²) >= 11 is 0. The van der Waals surface area contributed by atoms with E-state index in [4.69, 9.17) is 9.47 Å². The van der Waals surface area contributed by atoms with E-state index in [0.29, 0.717) is 31.3 Å². The minimum absolute atomic E-state index is 0.142. The molecule has 0 spiro atoms. The fraction of sp³-hybridized carbons (Fsp3) is 0.545. The van der Waals surface area contributed by atoms with Gasteiger partial charge in [0.1, 0.15) is 0 Å². The van der Waals surface area contributed by atoms with Gasteiger partial charge in [0.05, 0.1) is 24.8 Å². The second-order valence-electron chi connectivity index (χ2n) is 7.34. The van der Waals surface area contributed by atoms with Crippen molar-refractivity contribution in [2.24, 2.45) is 0 Å². The Morgan fingerprint density at radius 1 is 1.10 bits per heavy atom. The molecule has 0 aliphatic carbocycles. The van der Waals surface area contributed by atoms with Crippen LogP contribution < -0.4 is 9.47 Å². The van der Waals surface area contributed by atoms with Crippen LogP contribution in [0.5, 0.6) is 11.5 Å². The molecule has 0 bridgehead atoms. The molecule has 0 saturated carbocycles. The molecule has 2 aliphatic heterocycles. The molecule has 1 N–H and O–H groups in total. The van der Waals surface area contributed by atoms with Crippen LogP contribution in [-0.4, -0.2) is 66.0 Å². The Morgan fingerprint density at radius 3 is 2.38 bits per heavy atom. The molecule has 1 amide bonds. The third kappa shape index (κ3) is 4.40. The number of ether oxygens (including phenoxy) is 2. The van der Waals surface area contributed by atoms with Crippen molar-refractivity contribution in [3.8, 4) is 11.5 Å². The van der Waals surface area contributed by atoms with Crippen molar-refractivity contribution in [2.45, 2.75) is 39.7 Å². The van der Waals surface area contributed by atoms with Gasteiger partial charge in [0.25, 0.3) is 5.91 Å². The van der Waals surface area contributed by atoms with Crippen molar-refractivity contribution in [3.63, 3.8) is 0 Å². The normalized spacial score (nSPS) is 19.9. The van der Waals surface area contributed by atoms with Crippen LogP contribution in [0.2, 0.25) is 0 Å². The number of ketones is 1. The van der Waals surface area contributed by atoms with Crippen molar-refractivity contribution in [1.82, 2.24) is 9.80 Å². The number of rotatable bonds is 9. The van der Waals surface area contributed by atoms with Crippen LogP contribution in [0, 0.1) is 0 Å². The second-order valence-corrected chi connectivity index (χ2v) is 7.34. The molecule has 0 aromatic heterocycles. The van der Waals surface area contributed by atoms with Gasteiger partial charge in [0.15, 0.2) is 23.0 Å². The summed E-state index contributed by atoms with van der Waals surface area (Å²) in [6.07, 6.45) is 2.33. The minimum Gasteiger partial charge on any atom is -0.503 e. The summed E-state index contributed by atoms with van der Waals surface area (Å²) in [5, 5.41) is 10.4. The van der Waals surface area contributed by atoms with Crippen LogP contribution in [0.3, 0.4) is 0 Å². The first kappa shape index (κ1) is 21.2. The third-order valence-electron chi connectivity index (χ3n) is 5.42. The summed E-state index contributed by atoms with van der Waals surface area (Å²) in [7, 11) is 0. The van der Waals surface area contributed by atoms with Crippen LogP contribution in [0.25, 0.3) is 0 Å². The van der Waals surface area contributed by atoms with Gasteiger partial charge in [-0.2, -0.15) is 0 Å². The molecular weight excluding hydrogens is 372 g/mol. The zero-order valence-electron chi connectivity index (χ0n) is 17.4. The van der Waals surface area contributed by atoms with E-state index in [-0.39, 0.29) is 11.4 Å². The van der Waals surface area contributed by atoms with Crippen LogP contribution >= 0.6 is 0 Å². The SMILES string of the molecule is CCOc1ccc(C2C(C(C)=O)=C(O)C(=O)N2CCN2CCCC2)cc1OCC. The lowest BCUT2D eigenvalue weighted by Crippen LogP contribution is -2.37. The highest BCUT2D eigenvalue weighted by atomic mass is 16.5. The minimum atomic E-state index is -0.627. The van der Waals surface area contributed by atoms with Crippen molar-refractivity contribution in [2.75, 3.05) is 39.4 Å². The van der Waals surface area contributed by atoms with E-state index in [1.54, 1.807) is 17.0 Å². The number of carbonyl (C=O) groups excluding carboxylic acids is 2. The number of hydrogen-bond donors (Lipinski definition) is 1. The lowest BCUT2D eigenvalue weighted by molar-refractivity contribution is -0.129. The van der Waals surface area contributed by atoms with E-state index >= 15 is 0 Å². The monoisotopic (exact) mass is 402 g/mol. The van der Waals surface area contributed by atoms with Crippen LogP contribution in [0.4, 0.5) is 0 Å². The van der Waals surface area contributed by atoms with Crippen molar-refractivity contribution < 1.29 is 24.2 Å². The Kier molecular flexibility index (Phi) is 6.79. The molecule has 158 valence electrons. The third-order valence-corrected chi connectivity index (χ3v) is 5.42. The van der Waals surface area contributed by atoms with Crippen LogP contribution in [-0.2, 0) is 9.59 Å². The van der Waals surface area contributed by atoms with Gasteiger partial charge in [-0.3, -0.25) is 9.59 Å². The molecule has 1 aromatic carbocycles. The highest BCUT2D eigenvalue weighted by Gasteiger charge is 2.42. The summed E-state index contributed by atoms with van der Waals surface area (Å²) < 4.78 is 11.3. The number of nitrogens with zero attached hydrogens (tertiary/aromatic N) is 2. The van der Waals surface area contributed by atoms with E-state index in [0.717, 1.165) is 38.0 Å². The smallest absolute Gasteiger partial charge is 0.290 e. The number of aliphatic hydroxyl groups is 1. The quantitative estimate of drug-likeness (QED) is 0.684. The molecule has 29 heavy (non-hydrogen) atoms. The molecule has 1 saturated heterocycles. The molecule has 3 rings (SSSR count). The van der Waals surface area contributed by atoms with E-state index in [1.807, 2.05) is 19.9 Å². The fourth-order valence-electron chi connectivity index (χ4n) is 4.08. The first-order valence-electron chi connectivity index (χ1n) is 10.3. The highest BCUT2D eigenvalue weighted by Crippen LogP contribution is 2.40. The Morgan fingerprint density at radius 2 is 1.76 bits per heavy atom. The van der Waals surface area contributed by atoms with Crippen molar-refractivity contribution in [1.29, 1.82) is 0 Å². The van der Waals surface area contributed by atoms with Gasteiger partial charge in [-0.15, -0.1) is 0 Å². The standard InChI is InChI=1S/C22H30N2O5/c1-4-28-17-9-8-16(14-18(17)29-5-2)20-19(15(3)25)21(26)22(27)24(20)13-12-23-10-6-7-11-23/h8-9,14,20,26H,4-7,10-13H2,1-3H3. The number of aliphatic hydroxyl groups excluding tert-OH is 1. The second kappa shape index (κ2) is 9.31. The van der Waals surface area contributed by atoms with Crippen molar-refractivity contribution in [3.05, 3.63) is 35.1 Å². The van der Waals surface area contributed by atoms with E-state index in [2.05, 4.69) is 4.90 Å². The van der Waals surface area contributed by atoms with Crippen molar-refractivity contribution >= 4 is 11.7 Å². The topological polar surface area (TPSA) is 79.3 Å².